The van der Waals surface area contributed by atoms with Gasteiger partial charge in [-0.05, 0) is 72.0 Å². The van der Waals surface area contributed by atoms with Gasteiger partial charge in [-0.2, -0.15) is 0 Å². The van der Waals surface area contributed by atoms with Gasteiger partial charge in [-0.3, -0.25) is 4.79 Å². The number of amides is 1. The van der Waals surface area contributed by atoms with Crippen LogP contribution in [0.2, 0.25) is 0 Å². The van der Waals surface area contributed by atoms with Crippen molar-refractivity contribution in [3.05, 3.63) is 75.6 Å². The summed E-state index contributed by atoms with van der Waals surface area (Å²) in [6, 6.07) is 14.7. The van der Waals surface area contributed by atoms with Crippen molar-refractivity contribution in [2.45, 2.75) is 11.8 Å². The minimum Gasteiger partial charge on any atom is -0.322 e. The fourth-order valence-corrected chi connectivity index (χ4v) is 3.82. The summed E-state index contributed by atoms with van der Waals surface area (Å²) in [5.74, 6) is -0.257. The molecule has 0 aliphatic carbocycles. The van der Waals surface area contributed by atoms with Gasteiger partial charge in [-0.1, -0.05) is 12.1 Å². The lowest BCUT2D eigenvalue weighted by atomic mass is 10.2. The molecule has 0 radical (unpaired) electrons. The SMILES string of the molecule is Cc1ccnc(NS(=O)(=O)c2ccc(NC(=O)c3ccccc3I)cc2)n1. The van der Waals surface area contributed by atoms with Gasteiger partial charge in [-0.25, -0.2) is 23.1 Å². The van der Waals surface area contributed by atoms with Crippen LogP contribution in [0.1, 0.15) is 16.1 Å². The highest BCUT2D eigenvalue weighted by Gasteiger charge is 2.16. The Hall–Kier alpha value is -2.53. The molecule has 0 bridgehead atoms. The first-order chi connectivity index (χ1) is 12.8. The Balaban J connectivity index is 1.75. The predicted molar refractivity (Wildman–Crippen MR) is 111 cm³/mol. The fourth-order valence-electron chi connectivity index (χ4n) is 2.24. The summed E-state index contributed by atoms with van der Waals surface area (Å²) >= 11 is 2.09. The third-order valence-corrected chi connectivity index (χ3v) is 5.85. The van der Waals surface area contributed by atoms with Gasteiger partial charge in [0.05, 0.1) is 10.5 Å². The largest absolute Gasteiger partial charge is 0.322 e. The number of hydrogen-bond donors (Lipinski definition) is 2. The monoisotopic (exact) mass is 494 g/mol. The Morgan fingerprint density at radius 3 is 2.41 bits per heavy atom. The Labute approximate surface area is 170 Å². The van der Waals surface area contributed by atoms with Gasteiger partial charge in [0.1, 0.15) is 0 Å². The van der Waals surface area contributed by atoms with Gasteiger partial charge in [0.15, 0.2) is 0 Å². The fraction of sp³-hybridized carbons (Fsp3) is 0.0556. The van der Waals surface area contributed by atoms with E-state index in [0.717, 1.165) is 3.57 Å². The van der Waals surface area contributed by atoms with E-state index in [0.29, 0.717) is 16.9 Å². The molecule has 0 unspecified atom stereocenters. The molecule has 9 heteroatoms. The van der Waals surface area contributed by atoms with E-state index in [-0.39, 0.29) is 16.8 Å². The zero-order chi connectivity index (χ0) is 19.4. The summed E-state index contributed by atoms with van der Waals surface area (Å²) in [7, 11) is -3.82. The van der Waals surface area contributed by atoms with E-state index in [2.05, 4.69) is 42.6 Å². The second kappa shape index (κ2) is 8.01. The number of nitrogens with zero attached hydrogens (tertiary/aromatic N) is 2. The maximum absolute atomic E-state index is 12.4. The molecule has 0 saturated heterocycles. The number of carbonyl (C=O) groups is 1. The summed E-state index contributed by atoms with van der Waals surface area (Å²) < 4.78 is 28.0. The quantitative estimate of drug-likeness (QED) is 0.530. The number of benzene rings is 2. The molecular weight excluding hydrogens is 479 g/mol. The van der Waals surface area contributed by atoms with Crippen molar-refractivity contribution in [1.82, 2.24) is 9.97 Å². The number of rotatable bonds is 5. The molecule has 3 rings (SSSR count). The molecule has 0 aliphatic heterocycles. The topological polar surface area (TPSA) is 101 Å². The number of nitrogens with one attached hydrogen (secondary N) is 2. The highest BCUT2D eigenvalue weighted by atomic mass is 127. The van der Waals surface area contributed by atoms with E-state index in [9.17, 15) is 13.2 Å². The number of aryl methyl sites for hydroxylation is 1. The third kappa shape index (κ3) is 4.80. The summed E-state index contributed by atoms with van der Waals surface area (Å²) in [6.07, 6.45) is 1.48. The van der Waals surface area contributed by atoms with Gasteiger partial charge < -0.3 is 5.32 Å². The van der Waals surface area contributed by atoms with Crippen molar-refractivity contribution in [3.63, 3.8) is 0 Å². The Bertz CT molecular complexity index is 1090. The van der Waals surface area contributed by atoms with Crippen LogP contribution in [-0.2, 0) is 10.0 Å². The van der Waals surface area contributed by atoms with Crippen molar-refractivity contribution < 1.29 is 13.2 Å². The first-order valence-corrected chi connectivity index (χ1v) is 10.4. The minimum atomic E-state index is -3.82. The van der Waals surface area contributed by atoms with E-state index in [1.807, 2.05) is 12.1 Å². The molecule has 1 heterocycles. The van der Waals surface area contributed by atoms with E-state index in [1.54, 1.807) is 25.1 Å². The van der Waals surface area contributed by atoms with Crippen LogP contribution in [0.25, 0.3) is 0 Å². The molecule has 2 aromatic carbocycles. The summed E-state index contributed by atoms with van der Waals surface area (Å²) in [6.45, 7) is 1.74. The van der Waals surface area contributed by atoms with Gasteiger partial charge in [0, 0.05) is 21.1 Å². The highest BCUT2D eigenvalue weighted by Crippen LogP contribution is 2.18. The van der Waals surface area contributed by atoms with Crippen molar-refractivity contribution in [2.75, 3.05) is 10.0 Å². The minimum absolute atomic E-state index is 0.00559. The van der Waals surface area contributed by atoms with E-state index in [1.165, 1.54) is 30.5 Å². The molecule has 27 heavy (non-hydrogen) atoms. The molecule has 2 N–H and O–H groups in total. The van der Waals surface area contributed by atoms with Crippen molar-refractivity contribution in [1.29, 1.82) is 0 Å². The van der Waals surface area contributed by atoms with E-state index < -0.39 is 10.0 Å². The van der Waals surface area contributed by atoms with Crippen LogP contribution in [0.5, 0.6) is 0 Å². The maximum atomic E-state index is 12.4. The normalized spacial score (nSPS) is 11.0. The van der Waals surface area contributed by atoms with Crippen LogP contribution in [0, 0.1) is 10.5 Å². The van der Waals surface area contributed by atoms with Gasteiger partial charge in [-0.15, -0.1) is 0 Å². The lowest BCUT2D eigenvalue weighted by Gasteiger charge is -2.09. The molecule has 0 fully saturated rings. The number of aromatic nitrogens is 2. The number of sulfonamides is 1. The highest BCUT2D eigenvalue weighted by molar-refractivity contribution is 14.1. The van der Waals surface area contributed by atoms with Crippen molar-refractivity contribution in [3.8, 4) is 0 Å². The molecular formula is C18H15IN4O3S. The smallest absolute Gasteiger partial charge is 0.264 e. The lowest BCUT2D eigenvalue weighted by molar-refractivity contribution is 0.102. The van der Waals surface area contributed by atoms with Crippen LogP contribution in [0.4, 0.5) is 11.6 Å². The Kier molecular flexibility index (Phi) is 5.71. The first-order valence-electron chi connectivity index (χ1n) is 7.83. The summed E-state index contributed by atoms with van der Waals surface area (Å²) in [4.78, 5) is 20.3. The van der Waals surface area contributed by atoms with Gasteiger partial charge in [0.25, 0.3) is 15.9 Å². The van der Waals surface area contributed by atoms with Gasteiger partial charge in [0.2, 0.25) is 5.95 Å². The first kappa shape index (κ1) is 19.2. The summed E-state index contributed by atoms with van der Waals surface area (Å²) in [5.41, 5.74) is 1.69. The van der Waals surface area contributed by atoms with Crippen molar-refractivity contribution in [2.24, 2.45) is 0 Å². The molecule has 0 saturated carbocycles. The number of hydrogen-bond acceptors (Lipinski definition) is 5. The number of anilines is 2. The van der Waals surface area contributed by atoms with Crippen LogP contribution in [0.15, 0.2) is 65.7 Å². The molecule has 3 aromatic rings. The molecule has 0 aliphatic rings. The second-order valence-electron chi connectivity index (χ2n) is 5.59. The van der Waals surface area contributed by atoms with E-state index in [4.69, 9.17) is 0 Å². The second-order valence-corrected chi connectivity index (χ2v) is 8.43. The van der Waals surface area contributed by atoms with Crippen molar-refractivity contribution >= 4 is 50.2 Å². The maximum Gasteiger partial charge on any atom is 0.264 e. The molecule has 7 nitrogen and oxygen atoms in total. The van der Waals surface area contributed by atoms with E-state index >= 15 is 0 Å². The van der Waals surface area contributed by atoms with Gasteiger partial charge >= 0.3 is 0 Å². The Morgan fingerprint density at radius 2 is 1.74 bits per heavy atom. The predicted octanol–water partition coefficient (Wildman–Crippen LogP) is 3.44. The number of halogens is 1. The standard InChI is InChI=1S/C18H15IN4O3S/c1-12-10-11-20-18(21-12)23-27(25,26)14-8-6-13(7-9-14)22-17(24)15-4-2-3-5-16(15)19/h2-11H,1H3,(H,22,24)(H,20,21,23). The molecule has 0 atom stereocenters. The number of carbonyl (C=O) groups excluding carboxylic acids is 1. The van der Waals surface area contributed by atoms with Crippen LogP contribution < -0.4 is 10.0 Å². The Morgan fingerprint density at radius 1 is 1.04 bits per heavy atom. The average Bonchev–Trinajstić information content (AvgIpc) is 2.62. The molecule has 138 valence electrons. The average molecular weight is 494 g/mol. The molecule has 0 spiro atoms. The molecule has 1 amide bonds. The molecule has 1 aromatic heterocycles. The van der Waals surface area contributed by atoms with Crippen LogP contribution >= 0.6 is 22.6 Å². The zero-order valence-corrected chi connectivity index (χ0v) is 17.2. The van der Waals surface area contributed by atoms with Crippen LogP contribution in [0.3, 0.4) is 0 Å². The summed E-state index contributed by atoms with van der Waals surface area (Å²) in [5, 5.41) is 2.75. The lowest BCUT2D eigenvalue weighted by Crippen LogP contribution is -2.16. The van der Waals surface area contributed by atoms with Crippen LogP contribution in [-0.4, -0.2) is 24.3 Å². The third-order valence-electron chi connectivity index (χ3n) is 3.56. The zero-order valence-electron chi connectivity index (χ0n) is 14.2.